The first-order valence-corrected chi connectivity index (χ1v) is 9.63. The largest absolute Gasteiger partial charge is 0.438 e. The monoisotopic (exact) mass is 376 g/mol. The Balaban J connectivity index is 1.44. The van der Waals surface area contributed by atoms with Crippen molar-refractivity contribution in [2.45, 2.75) is 23.8 Å². The van der Waals surface area contributed by atoms with Crippen molar-refractivity contribution in [3.05, 3.63) is 60.5 Å². The molecular weight excluding hydrogens is 359 g/mol. The quantitative estimate of drug-likeness (QED) is 0.685. The first kappa shape index (κ1) is 17.1. The Hall–Kier alpha value is -2.29. The number of hydrogen-bond donors (Lipinski definition) is 0. The lowest BCUT2D eigenvalue weighted by atomic mass is 10.3. The molecule has 0 N–H and O–H groups in total. The van der Waals surface area contributed by atoms with Crippen LogP contribution in [0.25, 0.3) is 11.1 Å². The summed E-state index contributed by atoms with van der Waals surface area (Å²) in [5.41, 5.74) is 1.32. The van der Waals surface area contributed by atoms with E-state index in [0.29, 0.717) is 17.0 Å². The highest BCUT2D eigenvalue weighted by Crippen LogP contribution is 2.25. The van der Waals surface area contributed by atoms with E-state index in [-0.39, 0.29) is 24.6 Å². The minimum absolute atomic E-state index is 0.0149. The molecule has 1 saturated heterocycles. The van der Waals surface area contributed by atoms with E-state index in [0.717, 1.165) is 4.31 Å². The Bertz CT molecular complexity index is 973. The molecule has 4 rings (SSSR count). The molecule has 1 aliphatic rings. The van der Waals surface area contributed by atoms with Crippen molar-refractivity contribution in [1.29, 1.82) is 0 Å². The van der Waals surface area contributed by atoms with Gasteiger partial charge in [-0.2, -0.15) is 4.31 Å². The first-order chi connectivity index (χ1) is 12.5. The van der Waals surface area contributed by atoms with E-state index < -0.39 is 22.3 Å². The lowest BCUT2D eigenvalue weighted by molar-refractivity contribution is 0.00381. The van der Waals surface area contributed by atoms with Gasteiger partial charge in [-0.25, -0.2) is 17.8 Å². The summed E-state index contributed by atoms with van der Waals surface area (Å²) in [4.78, 5) is 4.41. The highest BCUT2D eigenvalue weighted by molar-refractivity contribution is 7.89. The summed E-state index contributed by atoms with van der Waals surface area (Å²) in [6.45, 7) is -0.285. The van der Waals surface area contributed by atoms with Crippen molar-refractivity contribution in [1.82, 2.24) is 9.29 Å². The molecule has 2 aromatic carbocycles. The SMILES string of the molecule is O=S(=O)(c1ccccc1)N1C[C@@H](F)[C@@H](OCc2nc3ccccc3o2)C1. The molecule has 0 radical (unpaired) electrons. The Morgan fingerprint density at radius 3 is 2.62 bits per heavy atom. The highest BCUT2D eigenvalue weighted by atomic mass is 32.2. The molecule has 2 heterocycles. The molecule has 136 valence electrons. The molecule has 0 saturated carbocycles. The normalized spacial score (nSPS) is 21.4. The summed E-state index contributed by atoms with van der Waals surface area (Å²) in [7, 11) is -3.73. The molecule has 26 heavy (non-hydrogen) atoms. The Labute approximate surface area is 150 Å². The molecule has 0 unspecified atom stereocenters. The number of nitrogens with zero attached hydrogens (tertiary/aromatic N) is 2. The molecule has 0 bridgehead atoms. The van der Waals surface area contributed by atoms with Crippen molar-refractivity contribution >= 4 is 21.1 Å². The van der Waals surface area contributed by atoms with Crippen LogP contribution in [0.4, 0.5) is 4.39 Å². The van der Waals surface area contributed by atoms with Crippen LogP contribution in [-0.4, -0.2) is 43.1 Å². The molecule has 6 nitrogen and oxygen atoms in total. The predicted octanol–water partition coefficient (Wildman–Crippen LogP) is 2.76. The molecule has 1 fully saturated rings. The smallest absolute Gasteiger partial charge is 0.243 e. The van der Waals surface area contributed by atoms with E-state index in [1.165, 1.54) is 12.1 Å². The number of rotatable bonds is 5. The molecule has 0 spiro atoms. The maximum Gasteiger partial charge on any atom is 0.243 e. The lowest BCUT2D eigenvalue weighted by Gasteiger charge is -2.16. The van der Waals surface area contributed by atoms with E-state index in [9.17, 15) is 12.8 Å². The van der Waals surface area contributed by atoms with Gasteiger partial charge in [0.1, 0.15) is 24.4 Å². The van der Waals surface area contributed by atoms with Gasteiger partial charge in [0.05, 0.1) is 4.90 Å². The summed E-state index contributed by atoms with van der Waals surface area (Å²) in [6.07, 6.45) is -2.26. The zero-order valence-corrected chi connectivity index (χ0v) is 14.6. The molecule has 1 aromatic heterocycles. The van der Waals surface area contributed by atoms with Crippen LogP contribution in [0.2, 0.25) is 0 Å². The average molecular weight is 376 g/mol. The molecule has 0 aliphatic carbocycles. The highest BCUT2D eigenvalue weighted by Gasteiger charge is 2.40. The average Bonchev–Trinajstić information content (AvgIpc) is 3.24. The van der Waals surface area contributed by atoms with Gasteiger partial charge in [0, 0.05) is 13.1 Å². The van der Waals surface area contributed by atoms with Crippen LogP contribution in [-0.2, 0) is 21.4 Å². The number of alkyl halides is 1. The fraction of sp³-hybridized carbons (Fsp3) is 0.278. The number of sulfonamides is 1. The number of para-hydroxylation sites is 2. The van der Waals surface area contributed by atoms with Gasteiger partial charge in [0.25, 0.3) is 0 Å². The summed E-state index contributed by atoms with van der Waals surface area (Å²) >= 11 is 0. The van der Waals surface area contributed by atoms with Crippen molar-refractivity contribution in [2.75, 3.05) is 13.1 Å². The standard InChI is InChI=1S/C18H17FN2O4S/c19-14-10-21(26(22,23)13-6-2-1-3-7-13)11-17(14)24-12-18-20-15-8-4-5-9-16(15)25-18/h1-9,14,17H,10-12H2/t14-,17+/m1/s1. The molecule has 8 heteroatoms. The number of halogens is 1. The van der Waals surface area contributed by atoms with E-state index in [2.05, 4.69) is 4.98 Å². The van der Waals surface area contributed by atoms with Gasteiger partial charge >= 0.3 is 0 Å². The van der Waals surface area contributed by atoms with Crippen LogP contribution in [0.1, 0.15) is 5.89 Å². The van der Waals surface area contributed by atoms with Gasteiger partial charge in [-0.1, -0.05) is 30.3 Å². The third-order valence-corrected chi connectivity index (χ3v) is 6.15. The maximum absolute atomic E-state index is 14.3. The van der Waals surface area contributed by atoms with Crippen molar-refractivity contribution < 1.29 is 22.0 Å². The van der Waals surface area contributed by atoms with Crippen LogP contribution < -0.4 is 0 Å². The summed E-state index contributed by atoms with van der Waals surface area (Å²) in [5.74, 6) is 0.336. The number of aromatic nitrogens is 1. The fourth-order valence-corrected chi connectivity index (χ4v) is 4.44. The molecule has 3 aromatic rings. The van der Waals surface area contributed by atoms with Crippen molar-refractivity contribution in [3.8, 4) is 0 Å². The van der Waals surface area contributed by atoms with Crippen molar-refractivity contribution in [2.24, 2.45) is 0 Å². The van der Waals surface area contributed by atoms with Crippen LogP contribution in [0.5, 0.6) is 0 Å². The second-order valence-corrected chi connectivity index (χ2v) is 8.01. The predicted molar refractivity (Wildman–Crippen MR) is 92.7 cm³/mol. The van der Waals surface area contributed by atoms with E-state index in [4.69, 9.17) is 9.15 Å². The summed E-state index contributed by atoms with van der Waals surface area (Å²) < 4.78 is 51.7. The minimum atomic E-state index is -3.73. The van der Waals surface area contributed by atoms with Crippen molar-refractivity contribution in [3.63, 3.8) is 0 Å². The first-order valence-electron chi connectivity index (χ1n) is 8.19. The van der Waals surface area contributed by atoms with Gasteiger partial charge in [-0.15, -0.1) is 0 Å². The number of oxazole rings is 1. The Morgan fingerprint density at radius 2 is 1.85 bits per heavy atom. The molecule has 2 atom stereocenters. The second-order valence-electron chi connectivity index (χ2n) is 6.08. The van der Waals surface area contributed by atoms with Crippen LogP contribution in [0, 0.1) is 0 Å². The number of fused-ring (bicyclic) bond motifs is 1. The van der Waals surface area contributed by atoms with E-state index >= 15 is 0 Å². The summed E-state index contributed by atoms with van der Waals surface area (Å²) in [6, 6.07) is 15.3. The second kappa shape index (κ2) is 6.79. The third kappa shape index (κ3) is 3.23. The minimum Gasteiger partial charge on any atom is -0.438 e. The van der Waals surface area contributed by atoms with Gasteiger partial charge in [0.2, 0.25) is 15.9 Å². The van der Waals surface area contributed by atoms with Crippen LogP contribution >= 0.6 is 0 Å². The van der Waals surface area contributed by atoms with Gasteiger partial charge in [0.15, 0.2) is 5.58 Å². The zero-order valence-electron chi connectivity index (χ0n) is 13.8. The topological polar surface area (TPSA) is 72.6 Å². The fourth-order valence-electron chi connectivity index (χ4n) is 2.96. The number of hydrogen-bond acceptors (Lipinski definition) is 5. The van der Waals surface area contributed by atoms with Gasteiger partial charge in [-0.3, -0.25) is 0 Å². The Kier molecular flexibility index (Phi) is 4.47. The molecule has 0 amide bonds. The summed E-state index contributed by atoms with van der Waals surface area (Å²) in [5, 5.41) is 0. The lowest BCUT2D eigenvalue weighted by Crippen LogP contribution is -2.30. The maximum atomic E-state index is 14.3. The molecular formula is C18H17FN2O4S. The van der Waals surface area contributed by atoms with E-state index in [1.54, 1.807) is 24.3 Å². The van der Waals surface area contributed by atoms with Crippen LogP contribution in [0.15, 0.2) is 63.9 Å². The van der Waals surface area contributed by atoms with Gasteiger partial charge in [-0.05, 0) is 24.3 Å². The van der Waals surface area contributed by atoms with Crippen LogP contribution in [0.3, 0.4) is 0 Å². The zero-order chi connectivity index (χ0) is 18.1. The Morgan fingerprint density at radius 1 is 1.12 bits per heavy atom. The number of benzene rings is 2. The van der Waals surface area contributed by atoms with E-state index in [1.807, 2.05) is 18.2 Å². The third-order valence-electron chi connectivity index (χ3n) is 4.31. The number of ether oxygens (including phenoxy) is 1. The molecule has 1 aliphatic heterocycles. The van der Waals surface area contributed by atoms with Gasteiger partial charge < -0.3 is 9.15 Å².